The highest BCUT2D eigenvalue weighted by atomic mass is 19.4. The Morgan fingerprint density at radius 2 is 1.88 bits per heavy atom. The number of aliphatic hydroxyl groups excluding tert-OH is 1. The third-order valence-electron chi connectivity index (χ3n) is 7.67. The number of benzene rings is 1. The maximum atomic E-state index is 13.4. The van der Waals surface area contributed by atoms with Crippen molar-refractivity contribution >= 4 is 17.5 Å². The summed E-state index contributed by atoms with van der Waals surface area (Å²) in [6, 6.07) is 4.90. The Hall–Kier alpha value is -4.50. The maximum Gasteiger partial charge on any atom is 0.437 e. The normalized spacial score (nSPS) is 19.6. The van der Waals surface area contributed by atoms with Crippen molar-refractivity contribution < 1.29 is 41.9 Å². The van der Waals surface area contributed by atoms with Gasteiger partial charge in [0, 0.05) is 50.7 Å². The van der Waals surface area contributed by atoms with Crippen molar-refractivity contribution in [1.29, 1.82) is 0 Å². The molecule has 6 rings (SSSR count). The van der Waals surface area contributed by atoms with Crippen LogP contribution >= 0.6 is 0 Å². The standard InChI is InChI=1S/C28H27F3N6O6/c1-16-12-17(43-25-24-33-13-21(37(24)6-5-32-25)20-14-42-34-23(20)28(29,30)31)2-3-18(16)26(39)35-7-9-36(10-8-35)27(40)19-4-11-41-15-22(19)38/h2-3,5-6,12-14,19,22,38H,4,7-11,15H2,1H3/t19-,22+/m0/s1. The Kier molecular flexibility index (Phi) is 7.52. The molecule has 1 aromatic carbocycles. The number of hydrogen-bond acceptors (Lipinski definition) is 9. The van der Waals surface area contributed by atoms with Gasteiger partial charge in [0.05, 0.1) is 36.1 Å². The highest BCUT2D eigenvalue weighted by Gasteiger charge is 2.39. The van der Waals surface area contributed by atoms with Crippen molar-refractivity contribution in [2.75, 3.05) is 39.4 Å². The van der Waals surface area contributed by atoms with E-state index in [0.717, 1.165) is 6.26 Å². The number of carbonyl (C=O) groups excluding carboxylic acids is 2. The number of nitrogens with zero attached hydrogens (tertiary/aromatic N) is 6. The second-order valence-electron chi connectivity index (χ2n) is 10.4. The third-order valence-corrected chi connectivity index (χ3v) is 7.67. The molecule has 2 amide bonds. The van der Waals surface area contributed by atoms with E-state index in [4.69, 9.17) is 9.47 Å². The average molecular weight is 601 g/mol. The molecule has 226 valence electrons. The van der Waals surface area contributed by atoms with E-state index in [1.54, 1.807) is 34.9 Å². The van der Waals surface area contributed by atoms with E-state index in [2.05, 4.69) is 19.6 Å². The lowest BCUT2D eigenvalue weighted by Crippen LogP contribution is -2.54. The van der Waals surface area contributed by atoms with Crippen LogP contribution in [0.4, 0.5) is 13.2 Å². The van der Waals surface area contributed by atoms with Crippen molar-refractivity contribution in [3.05, 3.63) is 59.9 Å². The van der Waals surface area contributed by atoms with Gasteiger partial charge in [-0.2, -0.15) is 13.2 Å². The molecule has 15 heteroatoms. The fourth-order valence-electron chi connectivity index (χ4n) is 5.39. The molecule has 0 radical (unpaired) electrons. The molecule has 0 unspecified atom stereocenters. The summed E-state index contributed by atoms with van der Waals surface area (Å²) in [5.74, 6) is -0.386. The molecule has 43 heavy (non-hydrogen) atoms. The van der Waals surface area contributed by atoms with Crippen molar-refractivity contribution in [2.24, 2.45) is 5.92 Å². The monoisotopic (exact) mass is 600 g/mol. The fourth-order valence-corrected chi connectivity index (χ4v) is 5.39. The Labute approximate surface area is 242 Å². The molecule has 2 fully saturated rings. The summed E-state index contributed by atoms with van der Waals surface area (Å²) in [6.07, 6.45) is -0.0966. The molecule has 1 N–H and O–H groups in total. The second-order valence-corrected chi connectivity index (χ2v) is 10.4. The fraction of sp³-hybridized carbons (Fsp3) is 0.393. The van der Waals surface area contributed by atoms with Crippen molar-refractivity contribution in [3.63, 3.8) is 0 Å². The van der Waals surface area contributed by atoms with Crippen molar-refractivity contribution in [3.8, 4) is 22.9 Å². The lowest BCUT2D eigenvalue weighted by Gasteiger charge is -2.38. The molecule has 2 saturated heterocycles. The van der Waals surface area contributed by atoms with E-state index in [1.807, 2.05) is 0 Å². The van der Waals surface area contributed by atoms with Crippen LogP contribution in [0.15, 0.2) is 47.6 Å². The number of piperazine rings is 1. The molecule has 0 bridgehead atoms. The van der Waals surface area contributed by atoms with Crippen molar-refractivity contribution in [1.82, 2.24) is 29.3 Å². The Bertz CT molecular complexity index is 1660. The number of carbonyl (C=O) groups is 2. The average Bonchev–Trinajstić information content (AvgIpc) is 3.65. The summed E-state index contributed by atoms with van der Waals surface area (Å²) in [4.78, 5) is 38.0. The van der Waals surface area contributed by atoms with Gasteiger partial charge in [0.15, 0.2) is 5.69 Å². The molecule has 0 aliphatic carbocycles. The molecule has 5 heterocycles. The molecule has 2 aliphatic rings. The number of halogens is 3. The number of aliphatic hydroxyl groups is 1. The van der Waals surface area contributed by atoms with Gasteiger partial charge in [-0.3, -0.25) is 14.0 Å². The Morgan fingerprint density at radius 3 is 2.60 bits per heavy atom. The number of alkyl halides is 3. The number of aromatic nitrogens is 4. The molecular weight excluding hydrogens is 573 g/mol. The number of hydrogen-bond donors (Lipinski definition) is 1. The van der Waals surface area contributed by atoms with Gasteiger partial charge in [-0.05, 0) is 37.1 Å². The van der Waals surface area contributed by atoms with E-state index >= 15 is 0 Å². The van der Waals surface area contributed by atoms with Crippen LogP contribution in [0.5, 0.6) is 11.6 Å². The van der Waals surface area contributed by atoms with Gasteiger partial charge in [-0.1, -0.05) is 5.16 Å². The van der Waals surface area contributed by atoms with Crippen LogP contribution in [0.25, 0.3) is 16.9 Å². The zero-order valence-electron chi connectivity index (χ0n) is 23.0. The van der Waals surface area contributed by atoms with Gasteiger partial charge in [-0.25, -0.2) is 9.97 Å². The van der Waals surface area contributed by atoms with Crippen LogP contribution in [0, 0.1) is 12.8 Å². The lowest BCUT2D eigenvalue weighted by molar-refractivity contribution is -0.147. The summed E-state index contributed by atoms with van der Waals surface area (Å²) in [6.45, 7) is 3.81. The van der Waals surface area contributed by atoms with Crippen LogP contribution in [0.2, 0.25) is 0 Å². The van der Waals surface area contributed by atoms with E-state index in [-0.39, 0.29) is 41.2 Å². The minimum Gasteiger partial charge on any atom is -0.436 e. The zero-order valence-corrected chi connectivity index (χ0v) is 23.0. The van der Waals surface area contributed by atoms with Crippen LogP contribution < -0.4 is 4.74 Å². The summed E-state index contributed by atoms with van der Waals surface area (Å²) in [7, 11) is 0. The maximum absolute atomic E-state index is 13.4. The number of fused-ring (bicyclic) bond motifs is 1. The van der Waals surface area contributed by atoms with E-state index < -0.39 is 23.9 Å². The largest absolute Gasteiger partial charge is 0.437 e. The first kappa shape index (κ1) is 28.6. The number of aryl methyl sites for hydroxylation is 1. The molecule has 12 nitrogen and oxygen atoms in total. The van der Waals surface area contributed by atoms with E-state index in [0.29, 0.717) is 56.1 Å². The molecular formula is C28H27F3N6O6. The minimum atomic E-state index is -4.71. The van der Waals surface area contributed by atoms with Crippen molar-refractivity contribution in [2.45, 2.75) is 25.6 Å². The molecule has 3 aromatic heterocycles. The number of ether oxygens (including phenoxy) is 2. The second kappa shape index (κ2) is 11.3. The van der Waals surface area contributed by atoms with Crippen LogP contribution in [-0.2, 0) is 15.7 Å². The predicted molar refractivity (Wildman–Crippen MR) is 142 cm³/mol. The van der Waals surface area contributed by atoms with E-state index in [9.17, 15) is 27.9 Å². The SMILES string of the molecule is Cc1cc(Oc2nccn3c(-c4conc4C(F)(F)F)cnc23)ccc1C(=O)N1CCN(C(=O)[C@H]2CCOC[C@H]2O)CC1. The zero-order chi connectivity index (χ0) is 30.3. The molecule has 0 spiro atoms. The summed E-state index contributed by atoms with van der Waals surface area (Å²) in [5, 5.41) is 13.2. The van der Waals surface area contributed by atoms with Gasteiger partial charge in [0.1, 0.15) is 12.0 Å². The predicted octanol–water partition coefficient (Wildman–Crippen LogP) is 3.19. The lowest BCUT2D eigenvalue weighted by atomic mass is 9.95. The third kappa shape index (κ3) is 5.52. The summed E-state index contributed by atoms with van der Waals surface area (Å²) >= 11 is 0. The van der Waals surface area contributed by atoms with Gasteiger partial charge >= 0.3 is 6.18 Å². The smallest absolute Gasteiger partial charge is 0.436 e. The van der Waals surface area contributed by atoms with Gasteiger partial charge < -0.3 is 28.9 Å². The molecule has 0 saturated carbocycles. The Morgan fingerprint density at radius 1 is 1.12 bits per heavy atom. The van der Waals surface area contributed by atoms with Gasteiger partial charge in [0.2, 0.25) is 11.6 Å². The summed E-state index contributed by atoms with van der Waals surface area (Å²) < 4.78 is 57.3. The first-order valence-electron chi connectivity index (χ1n) is 13.6. The highest BCUT2D eigenvalue weighted by Crippen LogP contribution is 2.37. The first-order valence-corrected chi connectivity index (χ1v) is 13.6. The van der Waals surface area contributed by atoms with Crippen LogP contribution in [0.1, 0.15) is 28.0 Å². The van der Waals surface area contributed by atoms with Crippen LogP contribution in [-0.4, -0.2) is 91.7 Å². The van der Waals surface area contributed by atoms with Gasteiger partial charge in [0.25, 0.3) is 11.8 Å². The highest BCUT2D eigenvalue weighted by molar-refractivity contribution is 5.96. The van der Waals surface area contributed by atoms with E-state index in [1.165, 1.54) is 23.0 Å². The van der Waals surface area contributed by atoms with Crippen LogP contribution in [0.3, 0.4) is 0 Å². The number of amides is 2. The Balaban J connectivity index is 1.14. The molecule has 2 aliphatic heterocycles. The topological polar surface area (TPSA) is 136 Å². The number of imidazole rings is 1. The quantitative estimate of drug-likeness (QED) is 0.366. The van der Waals surface area contributed by atoms with Gasteiger partial charge in [-0.15, -0.1) is 0 Å². The molecule has 4 aromatic rings. The first-order chi connectivity index (χ1) is 20.6. The minimum absolute atomic E-state index is 0.0488. The molecule has 2 atom stereocenters. The number of rotatable bonds is 5. The summed E-state index contributed by atoms with van der Waals surface area (Å²) in [5.41, 5.74) is -0.0724.